The van der Waals surface area contributed by atoms with Gasteiger partial charge >= 0.3 is 0 Å². The van der Waals surface area contributed by atoms with Gasteiger partial charge in [0, 0.05) is 12.7 Å². The van der Waals surface area contributed by atoms with E-state index < -0.39 is 10.0 Å². The number of thiocarbonyl (C=S) groups is 1. The summed E-state index contributed by atoms with van der Waals surface area (Å²) in [7, 11) is -3.69. The van der Waals surface area contributed by atoms with Crippen molar-refractivity contribution in [2.45, 2.75) is 36.3 Å². The zero-order valence-corrected chi connectivity index (χ0v) is 18.6. The number of nitrogens with zero attached hydrogens (tertiary/aromatic N) is 1. The van der Waals surface area contributed by atoms with Crippen LogP contribution in [0.25, 0.3) is 6.08 Å². The highest BCUT2D eigenvalue weighted by Crippen LogP contribution is 2.42. The Morgan fingerprint density at radius 2 is 1.86 bits per heavy atom. The standard InChI is InChI=1S/C20H23N3O3S3/c1-20(2)18(23(19(27)28-20)14-16-6-4-3-5-7-16)26-22-13-12-15-8-10-17(11-9-15)29(21,24)25/h3-13,18,22H,14H2,1-2H3,(H2,21,24,25). The van der Waals surface area contributed by atoms with Crippen molar-refractivity contribution >= 4 is 44.4 Å². The first-order chi connectivity index (χ1) is 13.7. The molecule has 2 aromatic rings. The molecule has 3 rings (SSSR count). The second-order valence-electron chi connectivity index (χ2n) is 7.12. The van der Waals surface area contributed by atoms with E-state index in [2.05, 4.69) is 36.4 Å². The van der Waals surface area contributed by atoms with Gasteiger partial charge in [0.1, 0.15) is 4.32 Å². The summed E-state index contributed by atoms with van der Waals surface area (Å²) in [6.07, 6.45) is 3.19. The molecule has 1 aliphatic rings. The van der Waals surface area contributed by atoms with Gasteiger partial charge in [-0.25, -0.2) is 13.6 Å². The Balaban J connectivity index is 1.64. The Bertz CT molecular complexity index is 991. The van der Waals surface area contributed by atoms with Crippen LogP contribution in [0.1, 0.15) is 25.0 Å². The molecule has 1 atom stereocenters. The van der Waals surface area contributed by atoms with E-state index in [1.807, 2.05) is 18.2 Å². The Morgan fingerprint density at radius 3 is 2.48 bits per heavy atom. The van der Waals surface area contributed by atoms with Crippen molar-refractivity contribution in [2.24, 2.45) is 5.14 Å². The van der Waals surface area contributed by atoms with Crippen molar-refractivity contribution in [1.82, 2.24) is 10.4 Å². The van der Waals surface area contributed by atoms with E-state index in [0.29, 0.717) is 6.54 Å². The third-order valence-electron chi connectivity index (χ3n) is 4.39. The maximum atomic E-state index is 11.3. The molecule has 0 saturated carbocycles. The number of rotatable bonds is 7. The molecule has 0 bridgehead atoms. The molecule has 154 valence electrons. The molecule has 2 aromatic carbocycles. The SMILES string of the molecule is CC1(C)SC(=S)N(Cc2ccccc2)C1ONC=Cc1ccc(S(N)(=O)=O)cc1. The van der Waals surface area contributed by atoms with Crippen LogP contribution in [0.15, 0.2) is 65.7 Å². The summed E-state index contributed by atoms with van der Waals surface area (Å²) in [6.45, 7) is 4.86. The van der Waals surface area contributed by atoms with Crippen LogP contribution < -0.4 is 10.6 Å². The number of sulfonamides is 1. The Morgan fingerprint density at radius 1 is 1.21 bits per heavy atom. The number of primary sulfonamides is 1. The summed E-state index contributed by atoms with van der Waals surface area (Å²) in [5.74, 6) is 0. The zero-order valence-electron chi connectivity index (χ0n) is 16.1. The molecular weight excluding hydrogens is 426 g/mol. The third kappa shape index (κ3) is 5.58. The van der Waals surface area contributed by atoms with Crippen LogP contribution in [0, 0.1) is 0 Å². The Labute approximate surface area is 181 Å². The lowest BCUT2D eigenvalue weighted by molar-refractivity contribution is -0.0799. The average molecular weight is 450 g/mol. The molecule has 0 aromatic heterocycles. The van der Waals surface area contributed by atoms with Gasteiger partial charge in [-0.05, 0) is 43.2 Å². The maximum absolute atomic E-state index is 11.3. The topological polar surface area (TPSA) is 84.7 Å². The molecule has 3 N–H and O–H groups in total. The number of hydrogen-bond acceptors (Lipinski definition) is 6. The van der Waals surface area contributed by atoms with Gasteiger partial charge in [0.15, 0.2) is 6.23 Å². The van der Waals surface area contributed by atoms with Crippen LogP contribution in [-0.2, 0) is 21.4 Å². The normalized spacial score (nSPS) is 19.1. The fourth-order valence-electron chi connectivity index (χ4n) is 2.94. The second kappa shape index (κ2) is 8.85. The van der Waals surface area contributed by atoms with E-state index in [9.17, 15) is 8.42 Å². The Hall–Kier alpha value is -1.91. The van der Waals surface area contributed by atoms with Crippen molar-refractivity contribution in [1.29, 1.82) is 0 Å². The maximum Gasteiger partial charge on any atom is 0.238 e. The summed E-state index contributed by atoms with van der Waals surface area (Å²) < 4.78 is 23.2. The summed E-state index contributed by atoms with van der Waals surface area (Å²) in [6, 6.07) is 16.4. The molecule has 6 nitrogen and oxygen atoms in total. The van der Waals surface area contributed by atoms with Crippen molar-refractivity contribution in [3.63, 3.8) is 0 Å². The molecule has 9 heteroatoms. The third-order valence-corrected chi connectivity index (χ3v) is 6.94. The number of nitrogens with two attached hydrogens (primary N) is 1. The molecule has 0 spiro atoms. The quantitative estimate of drug-likeness (QED) is 0.495. The predicted octanol–water partition coefficient (Wildman–Crippen LogP) is 3.46. The lowest BCUT2D eigenvalue weighted by atomic mass is 10.1. The van der Waals surface area contributed by atoms with E-state index in [0.717, 1.165) is 15.4 Å². The molecule has 0 aliphatic carbocycles. The minimum Gasteiger partial charge on any atom is -0.324 e. The summed E-state index contributed by atoms with van der Waals surface area (Å²) in [5.41, 5.74) is 4.84. The first-order valence-electron chi connectivity index (χ1n) is 8.91. The highest BCUT2D eigenvalue weighted by molar-refractivity contribution is 8.24. The number of benzene rings is 2. The van der Waals surface area contributed by atoms with Crippen LogP contribution in [-0.4, -0.2) is 28.6 Å². The summed E-state index contributed by atoms with van der Waals surface area (Å²) >= 11 is 7.18. The van der Waals surface area contributed by atoms with Gasteiger partial charge in [-0.15, -0.1) is 0 Å². The number of hydroxylamine groups is 1. The van der Waals surface area contributed by atoms with Gasteiger partial charge in [0.05, 0.1) is 9.64 Å². The van der Waals surface area contributed by atoms with E-state index in [-0.39, 0.29) is 15.9 Å². The first-order valence-corrected chi connectivity index (χ1v) is 11.7. The van der Waals surface area contributed by atoms with Gasteiger partial charge < -0.3 is 4.90 Å². The minimum absolute atomic E-state index is 0.0775. The van der Waals surface area contributed by atoms with E-state index in [4.69, 9.17) is 22.2 Å². The molecule has 1 aliphatic heterocycles. The monoisotopic (exact) mass is 449 g/mol. The van der Waals surface area contributed by atoms with E-state index >= 15 is 0 Å². The van der Waals surface area contributed by atoms with Gasteiger partial charge in [0.2, 0.25) is 10.0 Å². The fourth-order valence-corrected chi connectivity index (χ4v) is 5.26. The van der Waals surface area contributed by atoms with Gasteiger partial charge in [-0.1, -0.05) is 66.4 Å². The largest absolute Gasteiger partial charge is 0.324 e. The first kappa shape index (κ1) is 21.8. The molecule has 0 amide bonds. The lowest BCUT2D eigenvalue weighted by Crippen LogP contribution is -2.44. The smallest absolute Gasteiger partial charge is 0.238 e. The highest BCUT2D eigenvalue weighted by Gasteiger charge is 2.45. The Kier molecular flexibility index (Phi) is 6.65. The molecule has 1 saturated heterocycles. The van der Waals surface area contributed by atoms with E-state index in [1.54, 1.807) is 36.2 Å². The van der Waals surface area contributed by atoms with Gasteiger partial charge in [0.25, 0.3) is 0 Å². The molecule has 29 heavy (non-hydrogen) atoms. The van der Waals surface area contributed by atoms with Crippen LogP contribution in [0.4, 0.5) is 0 Å². The molecule has 1 unspecified atom stereocenters. The fraction of sp³-hybridized carbons (Fsp3) is 0.250. The van der Waals surface area contributed by atoms with Gasteiger partial charge in [-0.3, -0.25) is 10.3 Å². The van der Waals surface area contributed by atoms with Crippen LogP contribution >= 0.6 is 24.0 Å². The van der Waals surface area contributed by atoms with Crippen molar-refractivity contribution in [2.75, 3.05) is 0 Å². The summed E-state index contributed by atoms with van der Waals surface area (Å²) in [4.78, 5) is 8.08. The van der Waals surface area contributed by atoms with Crippen LogP contribution in [0.5, 0.6) is 0 Å². The number of hydrogen-bond donors (Lipinski definition) is 2. The van der Waals surface area contributed by atoms with Crippen molar-refractivity contribution in [3.05, 3.63) is 71.9 Å². The van der Waals surface area contributed by atoms with E-state index in [1.165, 1.54) is 12.1 Å². The van der Waals surface area contributed by atoms with Crippen LogP contribution in [0.3, 0.4) is 0 Å². The molecule has 0 radical (unpaired) electrons. The molecule has 1 heterocycles. The number of nitrogens with one attached hydrogen (secondary N) is 1. The summed E-state index contributed by atoms with van der Waals surface area (Å²) in [5, 5.41) is 5.11. The second-order valence-corrected chi connectivity index (χ2v) is 11.0. The molecular formula is C20H23N3O3S3. The van der Waals surface area contributed by atoms with Crippen LogP contribution in [0.2, 0.25) is 0 Å². The van der Waals surface area contributed by atoms with Gasteiger partial charge in [-0.2, -0.15) is 0 Å². The predicted molar refractivity (Wildman–Crippen MR) is 121 cm³/mol. The lowest BCUT2D eigenvalue weighted by Gasteiger charge is -2.31. The minimum atomic E-state index is -3.69. The molecule has 1 fully saturated rings. The zero-order chi connectivity index (χ0) is 21.1. The average Bonchev–Trinajstić information content (AvgIpc) is 2.87. The number of thioether (sulfide) groups is 1. The van der Waals surface area contributed by atoms with Crippen molar-refractivity contribution < 1.29 is 13.3 Å². The van der Waals surface area contributed by atoms with Crippen molar-refractivity contribution in [3.8, 4) is 0 Å². The highest BCUT2D eigenvalue weighted by atomic mass is 32.2.